The molecule has 1 rings (SSSR count). The van der Waals surface area contributed by atoms with E-state index in [4.69, 9.17) is 0 Å². The lowest BCUT2D eigenvalue weighted by atomic mass is 9.94. The van der Waals surface area contributed by atoms with Crippen LogP contribution in [-0.4, -0.2) is 30.1 Å². The number of rotatable bonds is 3. The van der Waals surface area contributed by atoms with E-state index in [1.807, 2.05) is 5.32 Å². The normalized spacial score (nSPS) is 18.1. The summed E-state index contributed by atoms with van der Waals surface area (Å²) in [5.41, 5.74) is 0. The van der Waals surface area contributed by atoms with Crippen LogP contribution in [0.15, 0.2) is 0 Å². The molecule has 0 heterocycles. The lowest BCUT2D eigenvalue weighted by Gasteiger charge is -2.25. The highest BCUT2D eigenvalue weighted by atomic mass is 19.4. The number of Topliss-reactive ketones (excluding diaryl/α,β-unsaturated/α-hetero) is 1. The molecule has 1 aliphatic carbocycles. The maximum absolute atomic E-state index is 12.3. The van der Waals surface area contributed by atoms with Crippen molar-refractivity contribution in [3.8, 4) is 0 Å². The van der Waals surface area contributed by atoms with Crippen molar-refractivity contribution < 1.29 is 35.9 Å². The lowest BCUT2D eigenvalue weighted by molar-refractivity contribution is -0.272. The van der Waals surface area contributed by atoms with Crippen LogP contribution in [0.5, 0.6) is 0 Å². The average molecular weight is 305 g/mol. The van der Waals surface area contributed by atoms with E-state index in [-0.39, 0.29) is 0 Å². The van der Waals surface area contributed by atoms with Crippen LogP contribution in [0.1, 0.15) is 32.1 Å². The molecule has 0 aromatic carbocycles. The number of carbonyl (C=O) groups is 2. The molecule has 0 aromatic heterocycles. The second-order valence-corrected chi connectivity index (χ2v) is 4.69. The monoisotopic (exact) mass is 305 g/mol. The molecule has 1 aliphatic rings. The molecule has 1 fully saturated rings. The summed E-state index contributed by atoms with van der Waals surface area (Å²) in [5.74, 6) is -8.59. The van der Waals surface area contributed by atoms with Crippen LogP contribution < -0.4 is 5.32 Å². The summed E-state index contributed by atoms with van der Waals surface area (Å²) in [6.45, 7) is 0. The topological polar surface area (TPSA) is 46.2 Å². The summed E-state index contributed by atoms with van der Waals surface area (Å²) < 4.78 is 73.7. The van der Waals surface area contributed by atoms with Crippen LogP contribution >= 0.6 is 0 Å². The fraction of sp³-hybridized carbons (Fsp3) is 0.818. The number of amides is 1. The standard InChI is InChI=1S/C11H13F6NO2/c12-10(13,14)8(11(15,16)17)7(19)9(20)18-6-4-2-1-3-5-6/h6,8H,1-5H2,(H,18,20). The predicted molar refractivity (Wildman–Crippen MR) is 55.6 cm³/mol. The third kappa shape index (κ3) is 4.38. The molecule has 0 saturated heterocycles. The van der Waals surface area contributed by atoms with Crippen LogP contribution in [-0.2, 0) is 9.59 Å². The van der Waals surface area contributed by atoms with Gasteiger partial charge in [-0.1, -0.05) is 19.3 Å². The van der Waals surface area contributed by atoms with Crippen molar-refractivity contribution in [1.29, 1.82) is 0 Å². The van der Waals surface area contributed by atoms with Gasteiger partial charge in [-0.3, -0.25) is 9.59 Å². The minimum atomic E-state index is -5.83. The van der Waals surface area contributed by atoms with Crippen molar-refractivity contribution in [3.05, 3.63) is 0 Å². The number of hydrogen-bond acceptors (Lipinski definition) is 2. The molecule has 0 atom stereocenters. The Morgan fingerprint density at radius 2 is 1.35 bits per heavy atom. The highest BCUT2D eigenvalue weighted by Crippen LogP contribution is 2.39. The Hall–Kier alpha value is -1.28. The van der Waals surface area contributed by atoms with Crippen LogP contribution in [0, 0.1) is 5.92 Å². The molecule has 1 N–H and O–H groups in total. The first-order valence-electron chi connectivity index (χ1n) is 6.01. The summed E-state index contributed by atoms with van der Waals surface area (Å²) in [6, 6.07) is -0.540. The molecule has 0 unspecified atom stereocenters. The molecule has 20 heavy (non-hydrogen) atoms. The molecule has 0 spiro atoms. The van der Waals surface area contributed by atoms with Gasteiger partial charge in [0.15, 0.2) is 0 Å². The molecular weight excluding hydrogens is 292 g/mol. The molecule has 0 bridgehead atoms. The largest absolute Gasteiger partial charge is 0.407 e. The van der Waals surface area contributed by atoms with E-state index in [1.165, 1.54) is 0 Å². The first kappa shape index (κ1) is 16.8. The molecular formula is C11H13F6NO2. The van der Waals surface area contributed by atoms with Gasteiger partial charge in [-0.05, 0) is 12.8 Å². The van der Waals surface area contributed by atoms with Gasteiger partial charge in [-0.15, -0.1) is 0 Å². The minimum Gasteiger partial charge on any atom is -0.347 e. The fourth-order valence-electron chi connectivity index (χ4n) is 2.12. The third-order valence-corrected chi connectivity index (χ3v) is 3.08. The Kier molecular flexibility index (Phi) is 5.04. The van der Waals surface area contributed by atoms with E-state index >= 15 is 0 Å². The van der Waals surface area contributed by atoms with Crippen molar-refractivity contribution in [3.63, 3.8) is 0 Å². The molecule has 116 valence electrons. The first-order valence-corrected chi connectivity index (χ1v) is 6.01. The highest BCUT2D eigenvalue weighted by molar-refractivity contribution is 6.37. The van der Waals surface area contributed by atoms with Gasteiger partial charge in [-0.2, -0.15) is 26.3 Å². The maximum atomic E-state index is 12.3. The van der Waals surface area contributed by atoms with E-state index in [0.29, 0.717) is 25.7 Å². The number of ketones is 1. The molecule has 0 radical (unpaired) electrons. The maximum Gasteiger partial charge on any atom is 0.407 e. The summed E-state index contributed by atoms with van der Waals surface area (Å²) in [6.07, 6.45) is -8.47. The highest BCUT2D eigenvalue weighted by Gasteiger charge is 2.62. The summed E-state index contributed by atoms with van der Waals surface area (Å²) in [7, 11) is 0. The second-order valence-electron chi connectivity index (χ2n) is 4.69. The van der Waals surface area contributed by atoms with Gasteiger partial charge in [0, 0.05) is 6.04 Å². The first-order chi connectivity index (χ1) is 9.03. The summed E-state index contributed by atoms with van der Waals surface area (Å²) in [5, 5.41) is 1.95. The number of nitrogens with one attached hydrogen (secondary N) is 1. The quantitative estimate of drug-likeness (QED) is 0.644. The van der Waals surface area contributed by atoms with Crippen molar-refractivity contribution in [2.75, 3.05) is 0 Å². The van der Waals surface area contributed by atoms with E-state index in [1.54, 1.807) is 0 Å². The number of alkyl halides is 6. The minimum absolute atomic E-state index is 0.446. The van der Waals surface area contributed by atoms with Gasteiger partial charge >= 0.3 is 12.4 Å². The van der Waals surface area contributed by atoms with Gasteiger partial charge in [0.25, 0.3) is 5.91 Å². The Balaban J connectivity index is 2.76. The fourth-order valence-corrected chi connectivity index (χ4v) is 2.12. The Morgan fingerprint density at radius 3 is 1.75 bits per heavy atom. The third-order valence-electron chi connectivity index (χ3n) is 3.08. The van der Waals surface area contributed by atoms with Gasteiger partial charge in [0.1, 0.15) is 0 Å². The van der Waals surface area contributed by atoms with E-state index in [9.17, 15) is 35.9 Å². The van der Waals surface area contributed by atoms with Gasteiger partial charge < -0.3 is 5.32 Å². The Labute approximate surface area is 110 Å². The summed E-state index contributed by atoms with van der Waals surface area (Å²) in [4.78, 5) is 22.4. The van der Waals surface area contributed by atoms with Crippen LogP contribution in [0.2, 0.25) is 0 Å². The average Bonchev–Trinajstić information content (AvgIpc) is 2.26. The van der Waals surface area contributed by atoms with Crippen molar-refractivity contribution in [2.24, 2.45) is 5.92 Å². The zero-order chi connectivity index (χ0) is 15.6. The van der Waals surface area contributed by atoms with Crippen molar-refractivity contribution in [2.45, 2.75) is 50.5 Å². The number of halogens is 6. The van der Waals surface area contributed by atoms with Gasteiger partial charge in [0.2, 0.25) is 11.7 Å². The van der Waals surface area contributed by atoms with E-state index < -0.39 is 36.0 Å². The van der Waals surface area contributed by atoms with Crippen LogP contribution in [0.3, 0.4) is 0 Å². The van der Waals surface area contributed by atoms with E-state index in [2.05, 4.69) is 0 Å². The molecule has 0 aromatic rings. The molecule has 0 aliphatic heterocycles. The summed E-state index contributed by atoms with van der Waals surface area (Å²) >= 11 is 0. The zero-order valence-corrected chi connectivity index (χ0v) is 10.3. The Bertz CT molecular complexity index is 356. The predicted octanol–water partition coefficient (Wildman–Crippen LogP) is 2.75. The Morgan fingerprint density at radius 1 is 0.900 bits per heavy atom. The number of carbonyl (C=O) groups excluding carboxylic acids is 2. The van der Waals surface area contributed by atoms with Gasteiger partial charge in [-0.25, -0.2) is 0 Å². The zero-order valence-electron chi connectivity index (χ0n) is 10.3. The van der Waals surface area contributed by atoms with Crippen LogP contribution in [0.4, 0.5) is 26.3 Å². The second kappa shape index (κ2) is 6.01. The SMILES string of the molecule is O=C(NC1CCCCC1)C(=O)C(C(F)(F)F)C(F)(F)F. The molecule has 1 amide bonds. The van der Waals surface area contributed by atoms with Crippen molar-refractivity contribution >= 4 is 11.7 Å². The van der Waals surface area contributed by atoms with Gasteiger partial charge in [0.05, 0.1) is 0 Å². The molecule has 9 heteroatoms. The molecule has 3 nitrogen and oxygen atoms in total. The smallest absolute Gasteiger partial charge is 0.347 e. The van der Waals surface area contributed by atoms with E-state index in [0.717, 1.165) is 6.42 Å². The van der Waals surface area contributed by atoms with Crippen molar-refractivity contribution in [1.82, 2.24) is 5.32 Å². The lowest BCUT2D eigenvalue weighted by Crippen LogP contribution is -2.50. The number of hydrogen-bond donors (Lipinski definition) is 1. The molecule has 1 saturated carbocycles. The van der Waals surface area contributed by atoms with Crippen LogP contribution in [0.25, 0.3) is 0 Å².